The molecule has 2 fully saturated rings. The van der Waals surface area contributed by atoms with Gasteiger partial charge in [0, 0.05) is 31.7 Å². The van der Waals surface area contributed by atoms with Crippen molar-refractivity contribution in [1.29, 1.82) is 0 Å². The van der Waals surface area contributed by atoms with Crippen LogP contribution < -0.4 is 10.2 Å². The summed E-state index contributed by atoms with van der Waals surface area (Å²) in [5, 5.41) is 4.99. The number of nitrogens with zero attached hydrogens (tertiary/aromatic N) is 2. The molecule has 8 nitrogen and oxygen atoms in total. The predicted octanol–water partition coefficient (Wildman–Crippen LogP) is 2.95. The molecule has 0 radical (unpaired) electrons. The molecule has 3 aromatic carbocycles. The minimum atomic E-state index is -3.70. The number of carbonyl (C=O) groups is 1. The largest absolute Gasteiger partial charge is 0.379 e. The van der Waals surface area contributed by atoms with Crippen LogP contribution in [0.3, 0.4) is 0 Å². The third-order valence-corrected chi connectivity index (χ3v) is 8.08. The lowest BCUT2D eigenvalue weighted by Crippen LogP contribution is -2.40. The highest BCUT2D eigenvalue weighted by Crippen LogP contribution is 2.32. The van der Waals surface area contributed by atoms with E-state index in [1.165, 1.54) is 4.31 Å². The number of anilines is 2. The van der Waals surface area contributed by atoms with Gasteiger partial charge in [0.05, 0.1) is 42.7 Å². The van der Waals surface area contributed by atoms with Crippen LogP contribution in [0.4, 0.5) is 11.4 Å². The van der Waals surface area contributed by atoms with Crippen LogP contribution in [0.5, 0.6) is 0 Å². The molecule has 0 bridgehead atoms. The molecule has 0 unspecified atom stereocenters. The molecule has 34 heavy (non-hydrogen) atoms. The summed E-state index contributed by atoms with van der Waals surface area (Å²) in [5.41, 5.74) is 1.75. The summed E-state index contributed by atoms with van der Waals surface area (Å²) in [5.74, 6) is -0.291. The van der Waals surface area contributed by atoms with E-state index in [1.54, 1.807) is 24.3 Å². The van der Waals surface area contributed by atoms with Gasteiger partial charge in [0.2, 0.25) is 10.0 Å². The summed E-state index contributed by atoms with van der Waals surface area (Å²) in [6.07, 6.45) is 0. The fraction of sp³-hybridized carbons (Fsp3) is 0.320. The molecule has 178 valence electrons. The van der Waals surface area contributed by atoms with Crippen molar-refractivity contribution in [3.8, 4) is 0 Å². The maximum absolute atomic E-state index is 13.3. The van der Waals surface area contributed by atoms with Crippen LogP contribution in [0, 0.1) is 0 Å². The molecule has 0 atom stereocenters. The minimum absolute atomic E-state index is 0.153. The zero-order valence-corrected chi connectivity index (χ0v) is 19.6. The average Bonchev–Trinajstić information content (AvgIpc) is 2.89. The second-order valence-electron chi connectivity index (χ2n) is 8.31. The SMILES string of the molecule is O=C(Nc1cc(S(=O)(=O)N2CCOCC2)ccc1N1CCOCC1)c1ccc2ccccc2c1. The number of sulfonamides is 1. The Hall–Kier alpha value is -2.98. The molecule has 3 aromatic rings. The molecular formula is C25H27N3O5S. The monoisotopic (exact) mass is 481 g/mol. The standard InChI is InChI=1S/C25H27N3O5S/c29-25(21-6-5-19-3-1-2-4-20(19)17-21)26-23-18-22(34(30,31)28-11-15-33-16-12-28)7-8-24(23)27-9-13-32-14-10-27/h1-8,17-18H,9-16H2,(H,26,29). The zero-order valence-electron chi connectivity index (χ0n) is 18.8. The van der Waals surface area contributed by atoms with Crippen LogP contribution in [-0.4, -0.2) is 71.2 Å². The number of morpholine rings is 2. The number of hydrogen-bond donors (Lipinski definition) is 1. The van der Waals surface area contributed by atoms with Crippen LogP contribution in [-0.2, 0) is 19.5 Å². The lowest BCUT2D eigenvalue weighted by Gasteiger charge is -2.31. The second-order valence-corrected chi connectivity index (χ2v) is 10.2. The van der Waals surface area contributed by atoms with Crippen LogP contribution in [0.15, 0.2) is 65.6 Å². The van der Waals surface area contributed by atoms with Crippen molar-refractivity contribution in [2.24, 2.45) is 0 Å². The van der Waals surface area contributed by atoms with E-state index in [2.05, 4.69) is 10.2 Å². The van der Waals surface area contributed by atoms with Gasteiger partial charge in [-0.3, -0.25) is 4.79 Å². The van der Waals surface area contributed by atoms with Crippen molar-refractivity contribution >= 4 is 38.1 Å². The van der Waals surface area contributed by atoms with Crippen molar-refractivity contribution in [3.05, 3.63) is 66.2 Å². The Balaban J connectivity index is 1.49. The Morgan fingerprint density at radius 1 is 0.794 bits per heavy atom. The Morgan fingerprint density at radius 3 is 2.21 bits per heavy atom. The van der Waals surface area contributed by atoms with E-state index in [1.807, 2.05) is 36.4 Å². The number of amides is 1. The normalized spacial score (nSPS) is 17.6. The number of benzene rings is 3. The predicted molar refractivity (Wildman–Crippen MR) is 131 cm³/mol. The summed E-state index contributed by atoms with van der Waals surface area (Å²) in [4.78, 5) is 15.5. The lowest BCUT2D eigenvalue weighted by molar-refractivity contribution is 0.0730. The molecular weight excluding hydrogens is 454 g/mol. The maximum atomic E-state index is 13.3. The van der Waals surface area contributed by atoms with Gasteiger partial charge in [-0.25, -0.2) is 8.42 Å². The highest BCUT2D eigenvalue weighted by Gasteiger charge is 2.28. The van der Waals surface area contributed by atoms with Crippen LogP contribution in [0.2, 0.25) is 0 Å². The Morgan fingerprint density at radius 2 is 1.47 bits per heavy atom. The summed E-state index contributed by atoms with van der Waals surface area (Å²) in [6.45, 7) is 3.84. The van der Waals surface area contributed by atoms with Gasteiger partial charge in [-0.2, -0.15) is 4.31 Å². The fourth-order valence-corrected chi connectivity index (χ4v) is 5.75. The molecule has 2 saturated heterocycles. The topological polar surface area (TPSA) is 88.2 Å². The molecule has 2 heterocycles. The van der Waals surface area contributed by atoms with Gasteiger partial charge in [0.15, 0.2) is 0 Å². The smallest absolute Gasteiger partial charge is 0.255 e. The first-order valence-electron chi connectivity index (χ1n) is 11.4. The van der Waals surface area contributed by atoms with Gasteiger partial charge >= 0.3 is 0 Å². The quantitative estimate of drug-likeness (QED) is 0.603. The molecule has 0 aliphatic carbocycles. The fourth-order valence-electron chi connectivity index (χ4n) is 4.32. The minimum Gasteiger partial charge on any atom is -0.379 e. The molecule has 1 amide bonds. The third-order valence-electron chi connectivity index (χ3n) is 6.19. The third kappa shape index (κ3) is 4.65. The lowest BCUT2D eigenvalue weighted by atomic mass is 10.1. The highest BCUT2D eigenvalue weighted by atomic mass is 32.2. The number of ether oxygens (including phenoxy) is 2. The van der Waals surface area contributed by atoms with Crippen LogP contribution >= 0.6 is 0 Å². The number of hydrogen-bond acceptors (Lipinski definition) is 6. The van der Waals surface area contributed by atoms with Crippen molar-refractivity contribution < 1.29 is 22.7 Å². The van der Waals surface area contributed by atoms with E-state index in [4.69, 9.17) is 9.47 Å². The molecule has 1 N–H and O–H groups in total. The Kier molecular flexibility index (Phi) is 6.51. The van der Waals surface area contributed by atoms with Gasteiger partial charge in [-0.05, 0) is 41.1 Å². The van der Waals surface area contributed by atoms with E-state index in [9.17, 15) is 13.2 Å². The van der Waals surface area contributed by atoms with Crippen molar-refractivity contribution in [1.82, 2.24) is 4.31 Å². The Bertz CT molecular complexity index is 1300. The van der Waals surface area contributed by atoms with Crippen molar-refractivity contribution in [2.75, 3.05) is 62.8 Å². The first-order valence-corrected chi connectivity index (χ1v) is 12.8. The Labute approximate surface area is 199 Å². The molecule has 2 aliphatic rings. The summed E-state index contributed by atoms with van der Waals surface area (Å²) < 4.78 is 38.7. The zero-order chi connectivity index (χ0) is 23.5. The molecule has 0 spiro atoms. The molecule has 9 heteroatoms. The summed E-state index contributed by atoms with van der Waals surface area (Å²) in [6, 6.07) is 18.3. The molecule has 2 aliphatic heterocycles. The highest BCUT2D eigenvalue weighted by molar-refractivity contribution is 7.89. The van der Waals surface area contributed by atoms with Gasteiger partial charge in [-0.15, -0.1) is 0 Å². The van der Waals surface area contributed by atoms with Gasteiger partial charge in [0.25, 0.3) is 5.91 Å². The summed E-state index contributed by atoms with van der Waals surface area (Å²) >= 11 is 0. The second kappa shape index (κ2) is 9.71. The van der Waals surface area contributed by atoms with E-state index in [0.717, 1.165) is 16.5 Å². The maximum Gasteiger partial charge on any atom is 0.255 e. The van der Waals surface area contributed by atoms with Gasteiger partial charge in [0.1, 0.15) is 0 Å². The van der Waals surface area contributed by atoms with E-state index in [-0.39, 0.29) is 10.8 Å². The molecule has 0 aromatic heterocycles. The number of rotatable bonds is 5. The number of nitrogens with one attached hydrogen (secondary N) is 1. The first-order chi connectivity index (χ1) is 16.5. The first kappa shape index (κ1) is 22.8. The van der Waals surface area contributed by atoms with E-state index >= 15 is 0 Å². The number of fused-ring (bicyclic) bond motifs is 1. The summed E-state index contributed by atoms with van der Waals surface area (Å²) in [7, 11) is -3.70. The molecule has 5 rings (SSSR count). The van der Waals surface area contributed by atoms with Crippen LogP contribution in [0.25, 0.3) is 10.8 Å². The van der Waals surface area contributed by atoms with E-state index in [0.29, 0.717) is 63.9 Å². The van der Waals surface area contributed by atoms with Gasteiger partial charge < -0.3 is 19.7 Å². The average molecular weight is 482 g/mol. The number of carbonyl (C=O) groups excluding carboxylic acids is 1. The van der Waals surface area contributed by atoms with Crippen molar-refractivity contribution in [3.63, 3.8) is 0 Å². The molecule has 0 saturated carbocycles. The van der Waals surface area contributed by atoms with Crippen LogP contribution in [0.1, 0.15) is 10.4 Å². The van der Waals surface area contributed by atoms with E-state index < -0.39 is 10.0 Å². The van der Waals surface area contributed by atoms with Gasteiger partial charge in [-0.1, -0.05) is 30.3 Å². The van der Waals surface area contributed by atoms with Crippen molar-refractivity contribution in [2.45, 2.75) is 4.90 Å².